The Labute approximate surface area is 126 Å². The third-order valence-electron chi connectivity index (χ3n) is 3.41. The van der Waals surface area contributed by atoms with Gasteiger partial charge in [-0.15, -0.1) is 5.10 Å². The van der Waals surface area contributed by atoms with Crippen molar-refractivity contribution in [2.24, 2.45) is 0 Å². The largest absolute Gasteiger partial charge is 0.477 e. The number of hydrogen-bond donors (Lipinski definition) is 2. The van der Waals surface area contributed by atoms with Crippen LogP contribution < -0.4 is 10.6 Å². The van der Waals surface area contributed by atoms with Gasteiger partial charge in [0.25, 0.3) is 0 Å². The summed E-state index contributed by atoms with van der Waals surface area (Å²) in [6.45, 7) is 0. The monoisotopic (exact) mass is 297 g/mol. The summed E-state index contributed by atoms with van der Waals surface area (Å²) in [6, 6.07) is 11.1. The molecule has 0 unspecified atom stereocenters. The molecule has 0 bridgehead atoms. The number of pyridine rings is 1. The predicted molar refractivity (Wildman–Crippen MR) is 84.1 cm³/mol. The van der Waals surface area contributed by atoms with Gasteiger partial charge in [-0.1, -0.05) is 12.1 Å². The van der Waals surface area contributed by atoms with Gasteiger partial charge in [0.15, 0.2) is 11.3 Å². The lowest BCUT2D eigenvalue weighted by atomic mass is 10.1. The molecule has 3 aromatic rings. The van der Waals surface area contributed by atoms with Crippen LogP contribution in [0.4, 0.5) is 11.6 Å². The average Bonchev–Trinajstić information content (AvgIpc) is 2.87. The molecule has 1 aromatic carbocycles. The number of nitrogens with two attached hydrogens (primary N) is 1. The molecule has 0 aliphatic rings. The van der Waals surface area contributed by atoms with E-state index >= 15 is 0 Å². The maximum Gasteiger partial charge on any atom is 0.354 e. The number of aromatic carboxylic acids is 1. The van der Waals surface area contributed by atoms with Crippen molar-refractivity contribution in [2.45, 2.75) is 0 Å². The van der Waals surface area contributed by atoms with Crippen LogP contribution in [0.1, 0.15) is 10.5 Å². The van der Waals surface area contributed by atoms with Crippen molar-refractivity contribution in [3.63, 3.8) is 0 Å². The van der Waals surface area contributed by atoms with Crippen LogP contribution in [0.15, 0.2) is 36.4 Å². The average molecular weight is 297 g/mol. The Morgan fingerprint density at radius 3 is 2.45 bits per heavy atom. The number of hydrogen-bond acceptors (Lipinski definition) is 5. The molecule has 0 fully saturated rings. The van der Waals surface area contributed by atoms with E-state index in [1.807, 2.05) is 43.3 Å². The highest BCUT2D eigenvalue weighted by Gasteiger charge is 2.15. The second-order valence-electron chi connectivity index (χ2n) is 5.08. The molecule has 2 aromatic heterocycles. The molecule has 7 heteroatoms. The van der Waals surface area contributed by atoms with Crippen LogP contribution in [-0.2, 0) is 0 Å². The standard InChI is InChI=1S/C15H15N5O2/c1-19(2)10-5-3-9(4-6-10)11-7-8-12(14(21)22)20-13(11)17-15(16)18-20/h3-8H,1-2H3,(H2,16,18)(H,21,22). The number of benzene rings is 1. The Morgan fingerprint density at radius 1 is 1.18 bits per heavy atom. The second-order valence-corrected chi connectivity index (χ2v) is 5.08. The first-order chi connectivity index (χ1) is 10.5. The zero-order valence-electron chi connectivity index (χ0n) is 12.2. The van der Waals surface area contributed by atoms with Gasteiger partial charge >= 0.3 is 5.97 Å². The fourth-order valence-electron chi connectivity index (χ4n) is 2.30. The molecular weight excluding hydrogens is 282 g/mol. The summed E-state index contributed by atoms with van der Waals surface area (Å²) in [4.78, 5) is 17.4. The van der Waals surface area contributed by atoms with Gasteiger partial charge in [-0.2, -0.15) is 4.98 Å². The van der Waals surface area contributed by atoms with Gasteiger partial charge in [-0.3, -0.25) is 0 Å². The molecule has 7 nitrogen and oxygen atoms in total. The highest BCUT2D eigenvalue weighted by Crippen LogP contribution is 2.27. The van der Waals surface area contributed by atoms with E-state index in [0.29, 0.717) is 5.65 Å². The van der Waals surface area contributed by atoms with Gasteiger partial charge in [0.1, 0.15) is 0 Å². The van der Waals surface area contributed by atoms with E-state index in [4.69, 9.17) is 5.73 Å². The number of carbonyl (C=O) groups is 1. The first-order valence-electron chi connectivity index (χ1n) is 6.63. The highest BCUT2D eigenvalue weighted by molar-refractivity contribution is 5.89. The molecule has 0 saturated carbocycles. The van der Waals surface area contributed by atoms with Crippen molar-refractivity contribution in [1.29, 1.82) is 0 Å². The molecule has 112 valence electrons. The number of carboxylic acid groups (broad SMARTS) is 1. The quantitative estimate of drug-likeness (QED) is 0.764. The first kappa shape index (κ1) is 13.9. The maximum absolute atomic E-state index is 11.3. The van der Waals surface area contributed by atoms with E-state index in [2.05, 4.69) is 10.1 Å². The normalized spacial score (nSPS) is 10.8. The Morgan fingerprint density at radius 2 is 1.86 bits per heavy atom. The van der Waals surface area contributed by atoms with Crippen molar-refractivity contribution in [3.8, 4) is 11.1 Å². The highest BCUT2D eigenvalue weighted by atomic mass is 16.4. The summed E-state index contributed by atoms with van der Waals surface area (Å²) < 4.78 is 1.26. The third kappa shape index (κ3) is 2.22. The van der Waals surface area contributed by atoms with Crippen LogP contribution in [-0.4, -0.2) is 39.8 Å². The Hall–Kier alpha value is -3.09. The summed E-state index contributed by atoms with van der Waals surface area (Å²) >= 11 is 0. The zero-order valence-corrected chi connectivity index (χ0v) is 12.2. The fourth-order valence-corrected chi connectivity index (χ4v) is 2.30. The van der Waals surface area contributed by atoms with E-state index in [9.17, 15) is 9.90 Å². The molecule has 0 spiro atoms. The van der Waals surface area contributed by atoms with E-state index < -0.39 is 5.97 Å². The number of fused-ring (bicyclic) bond motifs is 1. The van der Waals surface area contributed by atoms with Crippen LogP contribution in [0, 0.1) is 0 Å². The van der Waals surface area contributed by atoms with Crippen LogP contribution in [0.3, 0.4) is 0 Å². The van der Waals surface area contributed by atoms with Gasteiger partial charge in [-0.05, 0) is 29.8 Å². The minimum atomic E-state index is -1.08. The SMILES string of the molecule is CN(C)c1ccc(-c2ccc(C(=O)O)n3nc(N)nc23)cc1. The minimum Gasteiger partial charge on any atom is -0.477 e. The maximum atomic E-state index is 11.3. The molecule has 0 saturated heterocycles. The molecule has 2 heterocycles. The number of rotatable bonds is 3. The van der Waals surface area contributed by atoms with Gasteiger partial charge < -0.3 is 15.7 Å². The number of aromatic nitrogens is 3. The first-order valence-corrected chi connectivity index (χ1v) is 6.63. The van der Waals surface area contributed by atoms with Crippen molar-refractivity contribution >= 4 is 23.3 Å². The Bertz CT molecular complexity index is 852. The summed E-state index contributed by atoms with van der Waals surface area (Å²) in [5.41, 5.74) is 8.84. The van der Waals surface area contributed by atoms with Gasteiger partial charge in [-0.25, -0.2) is 9.31 Å². The molecule has 0 radical (unpaired) electrons. The van der Waals surface area contributed by atoms with E-state index in [-0.39, 0.29) is 11.6 Å². The van der Waals surface area contributed by atoms with Crippen LogP contribution in [0.25, 0.3) is 16.8 Å². The molecule has 3 N–H and O–H groups in total. The van der Waals surface area contributed by atoms with E-state index in [1.165, 1.54) is 10.6 Å². The van der Waals surface area contributed by atoms with Crippen LogP contribution >= 0.6 is 0 Å². The minimum absolute atomic E-state index is 0.0212. The molecule has 0 amide bonds. The molecule has 0 atom stereocenters. The van der Waals surface area contributed by atoms with Crippen LogP contribution in [0.2, 0.25) is 0 Å². The topological polar surface area (TPSA) is 96.8 Å². The third-order valence-corrected chi connectivity index (χ3v) is 3.41. The number of nitrogens with zero attached hydrogens (tertiary/aromatic N) is 4. The molecule has 0 aliphatic carbocycles. The van der Waals surface area contributed by atoms with Crippen molar-refractivity contribution in [3.05, 3.63) is 42.1 Å². The summed E-state index contributed by atoms with van der Waals surface area (Å²) in [6.07, 6.45) is 0. The molecular formula is C15H15N5O2. The lowest BCUT2D eigenvalue weighted by Gasteiger charge is -2.13. The summed E-state index contributed by atoms with van der Waals surface area (Å²) in [5.74, 6) is -1.04. The Balaban J connectivity index is 2.19. The smallest absolute Gasteiger partial charge is 0.354 e. The van der Waals surface area contributed by atoms with Crippen molar-refractivity contribution in [2.75, 3.05) is 24.7 Å². The van der Waals surface area contributed by atoms with Gasteiger partial charge in [0.2, 0.25) is 5.95 Å². The van der Waals surface area contributed by atoms with Crippen molar-refractivity contribution in [1.82, 2.24) is 14.6 Å². The lowest BCUT2D eigenvalue weighted by molar-refractivity contribution is 0.0687. The lowest BCUT2D eigenvalue weighted by Crippen LogP contribution is -2.08. The van der Waals surface area contributed by atoms with Crippen LogP contribution in [0.5, 0.6) is 0 Å². The van der Waals surface area contributed by atoms with E-state index in [0.717, 1.165) is 16.8 Å². The number of nitrogen functional groups attached to an aromatic ring is 1. The van der Waals surface area contributed by atoms with Crippen molar-refractivity contribution < 1.29 is 9.90 Å². The predicted octanol–water partition coefficient (Wildman–Crippen LogP) is 1.74. The molecule has 22 heavy (non-hydrogen) atoms. The Kier molecular flexibility index (Phi) is 3.17. The van der Waals surface area contributed by atoms with Gasteiger partial charge in [0, 0.05) is 25.3 Å². The van der Waals surface area contributed by atoms with Gasteiger partial charge in [0.05, 0.1) is 0 Å². The number of anilines is 2. The fraction of sp³-hybridized carbons (Fsp3) is 0.133. The molecule has 3 rings (SSSR count). The molecule has 0 aliphatic heterocycles. The summed E-state index contributed by atoms with van der Waals surface area (Å²) in [5, 5.41) is 13.2. The second kappa shape index (κ2) is 5.03. The number of carboxylic acids is 1. The summed E-state index contributed by atoms with van der Waals surface area (Å²) in [7, 11) is 3.93. The van der Waals surface area contributed by atoms with E-state index in [1.54, 1.807) is 6.07 Å². The zero-order chi connectivity index (χ0) is 15.9.